The van der Waals surface area contributed by atoms with Gasteiger partial charge in [-0.15, -0.1) is 11.6 Å². The summed E-state index contributed by atoms with van der Waals surface area (Å²) in [6, 6.07) is 2.90. The number of nitrogens with zero attached hydrogens (tertiary/aromatic N) is 2. The van der Waals surface area contributed by atoms with Gasteiger partial charge in [-0.05, 0) is 11.6 Å². The van der Waals surface area contributed by atoms with Gasteiger partial charge in [0, 0.05) is 11.4 Å². The fourth-order valence-electron chi connectivity index (χ4n) is 1.18. The van der Waals surface area contributed by atoms with Gasteiger partial charge in [-0.2, -0.15) is 5.26 Å². The van der Waals surface area contributed by atoms with E-state index >= 15 is 0 Å². The molecule has 1 heterocycles. The molecule has 0 N–H and O–H groups in total. The smallest absolute Gasteiger partial charge is 0.240 e. The predicted octanol–water partition coefficient (Wildman–Crippen LogP) is 3.48. The molecule has 0 saturated carbocycles. The number of nitriles is 1. The number of aromatic nitrogens is 1. The Balaban J connectivity index is 3.33. The summed E-state index contributed by atoms with van der Waals surface area (Å²) in [4.78, 5) is 3.80. The number of rotatable bonds is 3. The van der Waals surface area contributed by atoms with Crippen LogP contribution in [-0.2, 0) is 12.3 Å². The van der Waals surface area contributed by atoms with Crippen molar-refractivity contribution in [1.29, 1.82) is 5.26 Å². The van der Waals surface area contributed by atoms with E-state index in [-0.39, 0.29) is 34.3 Å². The summed E-state index contributed by atoms with van der Waals surface area (Å²) in [5, 5.41) is 8.44. The lowest BCUT2D eigenvalue weighted by Crippen LogP contribution is -2.02. The van der Waals surface area contributed by atoms with Crippen LogP contribution in [0.4, 0.5) is 8.78 Å². The number of hydrogen-bond donors (Lipinski definition) is 0. The molecule has 0 aromatic carbocycles. The summed E-state index contributed by atoms with van der Waals surface area (Å²) in [5.74, 6) is -0.110. The first-order valence-corrected chi connectivity index (χ1v) is 4.90. The summed E-state index contributed by atoms with van der Waals surface area (Å²) < 4.78 is 25.2. The van der Waals surface area contributed by atoms with Gasteiger partial charge in [0.05, 0.1) is 18.2 Å². The van der Waals surface area contributed by atoms with Gasteiger partial charge in [0.1, 0.15) is 5.15 Å². The van der Waals surface area contributed by atoms with Crippen LogP contribution in [0.15, 0.2) is 6.07 Å². The van der Waals surface area contributed by atoms with Gasteiger partial charge in [0.25, 0.3) is 6.43 Å². The van der Waals surface area contributed by atoms with E-state index in [1.165, 1.54) is 0 Å². The second-order valence-corrected chi connectivity index (χ2v) is 3.38. The van der Waals surface area contributed by atoms with Gasteiger partial charge in [0.2, 0.25) is 0 Å². The van der Waals surface area contributed by atoms with E-state index in [2.05, 4.69) is 4.98 Å². The largest absolute Gasteiger partial charge is 0.264 e. The van der Waals surface area contributed by atoms with Gasteiger partial charge >= 0.3 is 0 Å². The van der Waals surface area contributed by atoms with Crippen LogP contribution < -0.4 is 0 Å². The number of alkyl halides is 3. The third-order valence-electron chi connectivity index (χ3n) is 1.83. The molecule has 2 nitrogen and oxygen atoms in total. The van der Waals surface area contributed by atoms with Crippen LogP contribution in [0.1, 0.15) is 23.2 Å². The van der Waals surface area contributed by atoms with E-state index in [9.17, 15) is 8.78 Å². The average Bonchev–Trinajstić information content (AvgIpc) is 2.17. The van der Waals surface area contributed by atoms with Crippen LogP contribution in [0, 0.1) is 11.3 Å². The van der Waals surface area contributed by atoms with Crippen molar-refractivity contribution in [2.75, 3.05) is 0 Å². The Morgan fingerprint density at radius 1 is 1.53 bits per heavy atom. The van der Waals surface area contributed by atoms with E-state index in [0.29, 0.717) is 0 Å². The van der Waals surface area contributed by atoms with E-state index < -0.39 is 6.43 Å². The molecule has 0 aliphatic heterocycles. The summed E-state index contributed by atoms with van der Waals surface area (Å²) >= 11 is 11.1. The zero-order valence-electron chi connectivity index (χ0n) is 7.48. The highest BCUT2D eigenvalue weighted by Gasteiger charge is 2.17. The zero-order valence-corrected chi connectivity index (χ0v) is 8.99. The highest BCUT2D eigenvalue weighted by molar-refractivity contribution is 6.29. The Kier molecular flexibility index (Phi) is 4.25. The van der Waals surface area contributed by atoms with E-state index in [1.54, 1.807) is 0 Å². The molecule has 0 aliphatic rings. The minimum atomic E-state index is -2.67. The van der Waals surface area contributed by atoms with E-state index in [0.717, 1.165) is 6.07 Å². The Morgan fingerprint density at radius 2 is 2.20 bits per heavy atom. The molecule has 0 atom stereocenters. The van der Waals surface area contributed by atoms with Crippen molar-refractivity contribution < 1.29 is 8.78 Å². The van der Waals surface area contributed by atoms with Crippen LogP contribution in [0.3, 0.4) is 0 Å². The molecule has 1 aromatic rings. The molecule has 0 fully saturated rings. The Bertz CT molecular complexity index is 402. The number of halogens is 4. The molecule has 80 valence electrons. The fraction of sp³-hybridized carbons (Fsp3) is 0.333. The van der Waals surface area contributed by atoms with Gasteiger partial charge < -0.3 is 0 Å². The second kappa shape index (κ2) is 5.24. The summed E-state index contributed by atoms with van der Waals surface area (Å²) in [6.07, 6.45) is -2.75. The van der Waals surface area contributed by atoms with Crippen molar-refractivity contribution >= 4 is 23.2 Å². The molecule has 0 spiro atoms. The van der Waals surface area contributed by atoms with E-state index in [4.69, 9.17) is 28.5 Å². The van der Waals surface area contributed by atoms with Crippen LogP contribution >= 0.6 is 23.2 Å². The minimum Gasteiger partial charge on any atom is -0.240 e. The summed E-state index contributed by atoms with van der Waals surface area (Å²) in [5.41, 5.74) is 0.156. The highest BCUT2D eigenvalue weighted by atomic mass is 35.5. The van der Waals surface area contributed by atoms with Crippen LogP contribution in [0.25, 0.3) is 0 Å². The SMILES string of the molecule is N#CCc1nc(Cl)cc(C(F)F)c1CCl. The maximum atomic E-state index is 12.6. The first-order valence-electron chi connectivity index (χ1n) is 3.99. The van der Waals surface area contributed by atoms with Crippen molar-refractivity contribution in [2.24, 2.45) is 0 Å². The Labute approximate surface area is 95.4 Å². The molecule has 0 aliphatic carbocycles. The molecule has 0 bridgehead atoms. The first-order chi connectivity index (χ1) is 7.10. The molecular formula is C9H6Cl2F2N2. The monoisotopic (exact) mass is 250 g/mol. The molecule has 0 amide bonds. The topological polar surface area (TPSA) is 36.7 Å². The second-order valence-electron chi connectivity index (χ2n) is 2.73. The van der Waals surface area contributed by atoms with Crippen LogP contribution in [0.5, 0.6) is 0 Å². The Morgan fingerprint density at radius 3 is 2.67 bits per heavy atom. The lowest BCUT2D eigenvalue weighted by atomic mass is 10.1. The average molecular weight is 251 g/mol. The molecule has 15 heavy (non-hydrogen) atoms. The number of pyridine rings is 1. The molecule has 0 radical (unpaired) electrons. The normalized spacial score (nSPS) is 10.4. The first kappa shape index (κ1) is 12.2. The highest BCUT2D eigenvalue weighted by Crippen LogP contribution is 2.28. The molecule has 1 aromatic heterocycles. The third-order valence-corrected chi connectivity index (χ3v) is 2.29. The molecule has 6 heteroatoms. The van der Waals surface area contributed by atoms with Gasteiger partial charge in [-0.25, -0.2) is 13.8 Å². The van der Waals surface area contributed by atoms with Crippen molar-refractivity contribution in [1.82, 2.24) is 4.98 Å². The summed E-state index contributed by atoms with van der Waals surface area (Å²) in [7, 11) is 0. The van der Waals surface area contributed by atoms with Crippen molar-refractivity contribution in [3.63, 3.8) is 0 Å². The maximum absolute atomic E-state index is 12.6. The molecule has 1 rings (SSSR count). The van der Waals surface area contributed by atoms with Crippen molar-refractivity contribution in [3.05, 3.63) is 28.0 Å². The van der Waals surface area contributed by atoms with Crippen LogP contribution in [-0.4, -0.2) is 4.98 Å². The molecule has 0 unspecified atom stereocenters. The maximum Gasteiger partial charge on any atom is 0.264 e. The predicted molar refractivity (Wildman–Crippen MR) is 53.1 cm³/mol. The van der Waals surface area contributed by atoms with Crippen molar-refractivity contribution in [2.45, 2.75) is 18.7 Å². The van der Waals surface area contributed by atoms with Gasteiger partial charge in [-0.1, -0.05) is 11.6 Å². The van der Waals surface area contributed by atoms with E-state index in [1.807, 2.05) is 6.07 Å². The van der Waals surface area contributed by atoms with Gasteiger partial charge in [-0.3, -0.25) is 0 Å². The quantitative estimate of drug-likeness (QED) is 0.609. The zero-order chi connectivity index (χ0) is 11.4. The Hall–Kier alpha value is -0.920. The number of hydrogen-bond acceptors (Lipinski definition) is 2. The minimum absolute atomic E-state index is 0.0515. The lowest BCUT2D eigenvalue weighted by molar-refractivity contribution is 0.150. The summed E-state index contributed by atoms with van der Waals surface area (Å²) in [6.45, 7) is 0. The molecular weight excluding hydrogens is 245 g/mol. The standard InChI is InChI=1S/C9H6Cl2F2N2/c10-4-6-5(9(12)13)3-8(11)15-7(6)1-2-14/h3,9H,1,4H2. The fourth-order valence-corrected chi connectivity index (χ4v) is 1.71. The third kappa shape index (κ3) is 2.77. The lowest BCUT2D eigenvalue weighted by Gasteiger charge is -2.10. The van der Waals surface area contributed by atoms with Crippen LogP contribution in [0.2, 0.25) is 5.15 Å². The molecule has 0 saturated heterocycles. The van der Waals surface area contributed by atoms with Crippen molar-refractivity contribution in [3.8, 4) is 6.07 Å². The van der Waals surface area contributed by atoms with Gasteiger partial charge in [0.15, 0.2) is 0 Å².